The number of amides is 1. The van der Waals surface area contributed by atoms with Gasteiger partial charge in [-0.1, -0.05) is 18.2 Å². The van der Waals surface area contributed by atoms with E-state index in [1.54, 1.807) is 26.1 Å². The second kappa shape index (κ2) is 6.55. The first-order valence-corrected chi connectivity index (χ1v) is 6.59. The van der Waals surface area contributed by atoms with Crippen LogP contribution in [-0.2, 0) is 11.8 Å². The minimum atomic E-state index is -4.79. The van der Waals surface area contributed by atoms with Crippen molar-refractivity contribution < 1.29 is 22.7 Å². The number of rotatable bonds is 4. The van der Waals surface area contributed by atoms with Gasteiger partial charge in [-0.2, -0.15) is 5.10 Å². The molecule has 1 aromatic heterocycles. The summed E-state index contributed by atoms with van der Waals surface area (Å²) in [4.78, 5) is 11.8. The van der Waals surface area contributed by atoms with Gasteiger partial charge in [-0.25, -0.2) is 0 Å². The van der Waals surface area contributed by atoms with Crippen LogP contribution in [0.4, 0.5) is 19.0 Å². The van der Waals surface area contributed by atoms with E-state index in [9.17, 15) is 18.0 Å². The Morgan fingerprint density at radius 2 is 2.04 bits per heavy atom. The van der Waals surface area contributed by atoms with Crippen molar-refractivity contribution in [2.45, 2.75) is 13.3 Å². The number of aryl methyl sites for hydroxylation is 2. The van der Waals surface area contributed by atoms with Crippen LogP contribution in [0.1, 0.15) is 11.3 Å². The zero-order chi connectivity index (χ0) is 17.0. The Kier molecular flexibility index (Phi) is 4.73. The second-order valence-corrected chi connectivity index (χ2v) is 4.70. The number of nitrogens with zero attached hydrogens (tertiary/aromatic N) is 2. The van der Waals surface area contributed by atoms with Crippen molar-refractivity contribution in [1.82, 2.24) is 9.78 Å². The third-order valence-corrected chi connectivity index (χ3v) is 2.81. The van der Waals surface area contributed by atoms with Crippen LogP contribution in [0.25, 0.3) is 6.08 Å². The minimum Gasteiger partial charge on any atom is -0.405 e. The Hall–Kier alpha value is -2.77. The maximum absolute atomic E-state index is 12.3. The zero-order valence-corrected chi connectivity index (χ0v) is 12.4. The lowest BCUT2D eigenvalue weighted by molar-refractivity contribution is -0.274. The number of ether oxygens (including phenoxy) is 1. The van der Waals surface area contributed by atoms with E-state index in [0.717, 1.165) is 11.8 Å². The molecular weight excluding hydrogens is 311 g/mol. The summed E-state index contributed by atoms with van der Waals surface area (Å²) in [6, 6.07) is 7.23. The fourth-order valence-electron chi connectivity index (χ4n) is 1.90. The third kappa shape index (κ3) is 4.87. The number of alkyl halides is 3. The molecule has 0 saturated heterocycles. The number of carbonyl (C=O) groups is 1. The largest absolute Gasteiger partial charge is 0.573 e. The van der Waals surface area contributed by atoms with Gasteiger partial charge in [-0.3, -0.25) is 9.48 Å². The Balaban J connectivity index is 2.11. The predicted molar refractivity (Wildman–Crippen MR) is 78.7 cm³/mol. The van der Waals surface area contributed by atoms with Crippen molar-refractivity contribution >= 4 is 17.8 Å². The molecule has 0 radical (unpaired) electrons. The highest BCUT2D eigenvalue weighted by Crippen LogP contribution is 2.27. The first kappa shape index (κ1) is 16.6. The predicted octanol–water partition coefficient (Wildman–Crippen LogP) is 3.28. The Morgan fingerprint density at radius 1 is 1.35 bits per heavy atom. The van der Waals surface area contributed by atoms with E-state index in [4.69, 9.17) is 0 Å². The van der Waals surface area contributed by atoms with E-state index in [-0.39, 0.29) is 11.3 Å². The molecular formula is C15H14F3N3O2. The first-order valence-electron chi connectivity index (χ1n) is 6.59. The lowest BCUT2D eigenvalue weighted by Crippen LogP contribution is -2.17. The number of para-hydroxylation sites is 1. The highest BCUT2D eigenvalue weighted by Gasteiger charge is 2.31. The lowest BCUT2D eigenvalue weighted by Gasteiger charge is -2.10. The molecule has 1 heterocycles. The van der Waals surface area contributed by atoms with E-state index in [2.05, 4.69) is 15.2 Å². The minimum absolute atomic E-state index is 0.140. The van der Waals surface area contributed by atoms with Crippen molar-refractivity contribution in [3.8, 4) is 5.75 Å². The number of benzene rings is 1. The van der Waals surface area contributed by atoms with Crippen LogP contribution in [-0.4, -0.2) is 22.1 Å². The van der Waals surface area contributed by atoms with Crippen LogP contribution in [0.2, 0.25) is 0 Å². The topological polar surface area (TPSA) is 56.1 Å². The van der Waals surface area contributed by atoms with E-state index in [1.165, 1.54) is 29.0 Å². The van der Waals surface area contributed by atoms with Crippen LogP contribution in [0, 0.1) is 6.92 Å². The summed E-state index contributed by atoms with van der Waals surface area (Å²) in [5.41, 5.74) is 0.872. The van der Waals surface area contributed by atoms with Gasteiger partial charge in [-0.05, 0) is 19.1 Å². The summed E-state index contributed by atoms with van der Waals surface area (Å²) in [7, 11) is 1.67. The summed E-state index contributed by atoms with van der Waals surface area (Å²) in [6.07, 6.45) is -2.42. The summed E-state index contributed by atoms with van der Waals surface area (Å²) in [5, 5.41) is 6.65. The number of nitrogens with one attached hydrogen (secondary N) is 1. The Bertz CT molecular complexity index is 736. The molecule has 2 rings (SSSR count). The average molecular weight is 325 g/mol. The fourth-order valence-corrected chi connectivity index (χ4v) is 1.90. The van der Waals surface area contributed by atoms with E-state index >= 15 is 0 Å². The van der Waals surface area contributed by atoms with Gasteiger partial charge in [0.25, 0.3) is 0 Å². The van der Waals surface area contributed by atoms with E-state index in [1.807, 2.05) is 0 Å². The molecule has 122 valence electrons. The summed E-state index contributed by atoms with van der Waals surface area (Å²) in [6.45, 7) is 1.77. The van der Waals surface area contributed by atoms with Gasteiger partial charge in [0.05, 0.1) is 5.69 Å². The molecule has 0 saturated carbocycles. The van der Waals surface area contributed by atoms with E-state index < -0.39 is 12.3 Å². The number of aromatic nitrogens is 2. The molecule has 1 N–H and O–H groups in total. The maximum Gasteiger partial charge on any atom is 0.573 e. The molecule has 0 unspecified atom stereocenters. The van der Waals surface area contributed by atoms with Gasteiger partial charge >= 0.3 is 6.36 Å². The second-order valence-electron chi connectivity index (χ2n) is 4.70. The quantitative estimate of drug-likeness (QED) is 0.878. The molecule has 0 aliphatic carbocycles. The Morgan fingerprint density at radius 3 is 2.65 bits per heavy atom. The summed E-state index contributed by atoms with van der Waals surface area (Å²) < 4.78 is 42.4. The Labute approximate surface area is 130 Å². The molecule has 0 aliphatic rings. The smallest absolute Gasteiger partial charge is 0.405 e. The van der Waals surface area contributed by atoms with Gasteiger partial charge in [0, 0.05) is 24.8 Å². The molecule has 23 heavy (non-hydrogen) atoms. The molecule has 0 aliphatic heterocycles. The third-order valence-electron chi connectivity index (χ3n) is 2.81. The van der Waals surface area contributed by atoms with E-state index in [0.29, 0.717) is 5.82 Å². The van der Waals surface area contributed by atoms with Crippen LogP contribution in [0.3, 0.4) is 0 Å². The molecule has 0 fully saturated rings. The van der Waals surface area contributed by atoms with Crippen molar-refractivity contribution in [1.29, 1.82) is 0 Å². The molecule has 0 atom stereocenters. The highest BCUT2D eigenvalue weighted by atomic mass is 19.4. The van der Waals surface area contributed by atoms with Gasteiger partial charge in [0.15, 0.2) is 0 Å². The van der Waals surface area contributed by atoms with Crippen LogP contribution in [0.15, 0.2) is 36.4 Å². The molecule has 5 nitrogen and oxygen atoms in total. The van der Waals surface area contributed by atoms with Crippen molar-refractivity contribution in [2.24, 2.45) is 7.05 Å². The van der Waals surface area contributed by atoms with Gasteiger partial charge < -0.3 is 10.1 Å². The standard InChI is InChI=1S/C15H14F3N3O2/c1-10-9-13(21(2)20-10)19-14(22)8-7-11-5-3-4-6-12(11)23-15(16,17)18/h3-9H,1-2H3,(H,19,22)/b8-7+. The SMILES string of the molecule is Cc1cc(NC(=O)/C=C/c2ccccc2OC(F)(F)F)n(C)n1. The molecule has 8 heteroatoms. The average Bonchev–Trinajstić information content (AvgIpc) is 2.74. The molecule has 1 aromatic carbocycles. The molecule has 0 bridgehead atoms. The lowest BCUT2D eigenvalue weighted by atomic mass is 10.2. The van der Waals surface area contributed by atoms with Crippen molar-refractivity contribution in [2.75, 3.05) is 5.32 Å². The number of carbonyl (C=O) groups excluding carboxylic acids is 1. The number of hydrogen-bond donors (Lipinski definition) is 1. The summed E-state index contributed by atoms with van der Waals surface area (Å²) in [5.74, 6) is -0.382. The number of hydrogen-bond acceptors (Lipinski definition) is 3. The molecule has 1 amide bonds. The fraction of sp³-hybridized carbons (Fsp3) is 0.200. The summed E-state index contributed by atoms with van der Waals surface area (Å²) >= 11 is 0. The van der Waals surface area contributed by atoms with Crippen LogP contribution >= 0.6 is 0 Å². The molecule has 2 aromatic rings. The van der Waals surface area contributed by atoms with Crippen molar-refractivity contribution in [3.63, 3.8) is 0 Å². The molecule has 0 spiro atoms. The van der Waals surface area contributed by atoms with Crippen LogP contribution in [0.5, 0.6) is 5.75 Å². The van der Waals surface area contributed by atoms with Crippen molar-refractivity contribution in [3.05, 3.63) is 47.7 Å². The zero-order valence-electron chi connectivity index (χ0n) is 12.4. The monoisotopic (exact) mass is 325 g/mol. The first-order chi connectivity index (χ1) is 10.7. The number of halogens is 3. The van der Waals surface area contributed by atoms with Crippen LogP contribution < -0.4 is 10.1 Å². The normalized spacial score (nSPS) is 11.7. The van der Waals surface area contributed by atoms with Gasteiger partial charge in [-0.15, -0.1) is 13.2 Å². The highest BCUT2D eigenvalue weighted by molar-refractivity contribution is 6.01. The van der Waals surface area contributed by atoms with Gasteiger partial charge in [0.1, 0.15) is 11.6 Å². The number of anilines is 1. The van der Waals surface area contributed by atoms with Gasteiger partial charge in [0.2, 0.25) is 5.91 Å². The maximum atomic E-state index is 12.3.